The number of benzene rings is 3. The summed E-state index contributed by atoms with van der Waals surface area (Å²) in [5.41, 5.74) is 0.892. The Labute approximate surface area is 217 Å². The predicted molar refractivity (Wildman–Crippen MR) is 141 cm³/mol. The molecule has 2 aromatic heterocycles. The number of piperidine rings is 1. The molecule has 0 radical (unpaired) electrons. The van der Waals surface area contributed by atoms with Crippen molar-refractivity contribution in [2.24, 2.45) is 0 Å². The maximum absolute atomic E-state index is 13.7. The topological polar surface area (TPSA) is 114 Å². The van der Waals surface area contributed by atoms with Crippen LogP contribution in [-0.2, 0) is 16.6 Å². The molecule has 188 valence electrons. The molecule has 5 aromatic rings. The van der Waals surface area contributed by atoms with Crippen molar-refractivity contribution in [3.8, 4) is 0 Å². The molecule has 1 unspecified atom stereocenters. The van der Waals surface area contributed by atoms with Crippen molar-refractivity contribution in [3.05, 3.63) is 93.5 Å². The monoisotopic (exact) mass is 534 g/mol. The molecule has 1 aliphatic heterocycles. The average Bonchev–Trinajstić information content (AvgIpc) is 3.33. The smallest absolute Gasteiger partial charge is 0.281 e. The third kappa shape index (κ3) is 4.30. The average molecular weight is 535 g/mol. The van der Waals surface area contributed by atoms with Crippen LogP contribution in [0.25, 0.3) is 21.9 Å². The van der Waals surface area contributed by atoms with Crippen LogP contribution in [0.4, 0.5) is 0 Å². The van der Waals surface area contributed by atoms with Gasteiger partial charge in [-0.3, -0.25) is 4.79 Å². The van der Waals surface area contributed by atoms with Gasteiger partial charge >= 0.3 is 0 Å². The summed E-state index contributed by atoms with van der Waals surface area (Å²) >= 11 is 6.31. The van der Waals surface area contributed by atoms with Crippen LogP contribution in [-0.4, -0.2) is 50.8 Å². The van der Waals surface area contributed by atoms with Crippen molar-refractivity contribution >= 4 is 43.6 Å². The van der Waals surface area contributed by atoms with Crippen molar-refractivity contribution in [2.75, 3.05) is 13.1 Å². The van der Waals surface area contributed by atoms with E-state index in [0.29, 0.717) is 47.8 Å². The van der Waals surface area contributed by atoms with E-state index in [-0.39, 0.29) is 22.9 Å². The number of halogens is 1. The minimum atomic E-state index is -3.76. The number of nitrogens with zero attached hydrogens (tertiary/aromatic N) is 5. The summed E-state index contributed by atoms with van der Waals surface area (Å²) in [6, 6.07) is 20.1. The zero-order valence-electron chi connectivity index (χ0n) is 19.7. The maximum atomic E-state index is 13.7. The molecule has 3 heterocycles. The van der Waals surface area contributed by atoms with Crippen LogP contribution in [0.3, 0.4) is 0 Å². The fourth-order valence-electron chi connectivity index (χ4n) is 4.91. The van der Waals surface area contributed by atoms with Crippen molar-refractivity contribution in [1.82, 2.24) is 29.3 Å². The van der Waals surface area contributed by atoms with Crippen molar-refractivity contribution < 1.29 is 8.42 Å². The largest absolute Gasteiger partial charge is 0.308 e. The van der Waals surface area contributed by atoms with Crippen molar-refractivity contribution in [2.45, 2.75) is 30.2 Å². The van der Waals surface area contributed by atoms with Crippen LogP contribution >= 0.6 is 11.6 Å². The van der Waals surface area contributed by atoms with Crippen molar-refractivity contribution in [3.63, 3.8) is 0 Å². The molecule has 9 nitrogen and oxygen atoms in total. The van der Waals surface area contributed by atoms with Crippen LogP contribution in [0.15, 0.2) is 76.4 Å². The number of hydrogen-bond acceptors (Lipinski definition) is 6. The Kier molecular flexibility index (Phi) is 6.02. The Hall–Kier alpha value is -3.60. The normalized spacial score (nSPS) is 16.9. The Morgan fingerprint density at radius 1 is 1.03 bits per heavy atom. The molecule has 0 amide bonds. The first kappa shape index (κ1) is 23.8. The molecule has 0 spiro atoms. The summed E-state index contributed by atoms with van der Waals surface area (Å²) < 4.78 is 30.4. The Morgan fingerprint density at radius 2 is 1.81 bits per heavy atom. The van der Waals surface area contributed by atoms with Gasteiger partial charge in [-0.2, -0.15) is 4.31 Å². The van der Waals surface area contributed by atoms with E-state index >= 15 is 0 Å². The Balaban J connectivity index is 1.34. The first-order chi connectivity index (χ1) is 17.9. The van der Waals surface area contributed by atoms with Crippen LogP contribution < -0.4 is 5.56 Å². The summed E-state index contributed by atoms with van der Waals surface area (Å²) in [4.78, 5) is 20.7. The molecule has 1 saturated heterocycles. The Bertz CT molecular complexity index is 1790. The van der Waals surface area contributed by atoms with Gasteiger partial charge in [0.1, 0.15) is 5.82 Å². The molecule has 1 N–H and O–H groups in total. The third-order valence-electron chi connectivity index (χ3n) is 6.81. The van der Waals surface area contributed by atoms with E-state index in [4.69, 9.17) is 16.6 Å². The molecule has 11 heteroatoms. The number of H-pyrrole nitrogens is 1. The van der Waals surface area contributed by atoms with Crippen LogP contribution in [0.2, 0.25) is 5.02 Å². The molecular formula is C26H23ClN6O3S. The van der Waals surface area contributed by atoms with Gasteiger partial charge in [0.2, 0.25) is 10.0 Å². The van der Waals surface area contributed by atoms with Gasteiger partial charge in [-0.25, -0.2) is 18.1 Å². The maximum Gasteiger partial charge on any atom is 0.281 e. The van der Waals surface area contributed by atoms with E-state index in [1.807, 2.05) is 48.5 Å². The molecule has 0 aliphatic carbocycles. The minimum absolute atomic E-state index is 0.131. The second kappa shape index (κ2) is 9.37. The second-order valence-corrected chi connectivity index (χ2v) is 11.5. The summed E-state index contributed by atoms with van der Waals surface area (Å²) in [5, 5.41) is 10.3. The van der Waals surface area contributed by atoms with Gasteiger partial charge in [0.25, 0.3) is 5.56 Å². The number of aromatic nitrogens is 5. The standard InChI is InChI=1S/C26H23ClN6O3S/c27-21-12-4-2-8-18(21)16-33-25-23(30-31-33)26(34)29-24(28-25)19-10-6-14-32(15-19)37(35,36)22-13-5-9-17-7-1-3-11-20(17)22/h1-5,7-9,11-13,19H,6,10,14-16H2,(H,28,29,34). The highest BCUT2D eigenvalue weighted by Crippen LogP contribution is 2.31. The van der Waals surface area contributed by atoms with Gasteiger partial charge in [0, 0.05) is 29.4 Å². The number of hydrogen-bond donors (Lipinski definition) is 1. The van der Waals surface area contributed by atoms with E-state index < -0.39 is 15.6 Å². The summed E-state index contributed by atoms with van der Waals surface area (Å²) in [6.07, 6.45) is 1.34. The summed E-state index contributed by atoms with van der Waals surface area (Å²) in [6.45, 7) is 0.922. The van der Waals surface area contributed by atoms with Gasteiger partial charge in [-0.15, -0.1) is 5.10 Å². The first-order valence-corrected chi connectivity index (χ1v) is 13.8. The molecule has 1 atom stereocenters. The number of sulfonamides is 1. The summed E-state index contributed by atoms with van der Waals surface area (Å²) in [7, 11) is -3.76. The molecule has 6 rings (SSSR count). The molecule has 3 aromatic carbocycles. The Morgan fingerprint density at radius 3 is 2.68 bits per heavy atom. The molecule has 0 bridgehead atoms. The van der Waals surface area contributed by atoms with Gasteiger partial charge in [0.05, 0.1) is 11.4 Å². The molecule has 37 heavy (non-hydrogen) atoms. The highest BCUT2D eigenvalue weighted by Gasteiger charge is 2.33. The zero-order valence-corrected chi connectivity index (χ0v) is 21.3. The zero-order chi connectivity index (χ0) is 25.6. The highest BCUT2D eigenvalue weighted by atomic mass is 35.5. The van der Waals surface area contributed by atoms with E-state index in [0.717, 1.165) is 10.9 Å². The fourth-order valence-corrected chi connectivity index (χ4v) is 6.85. The van der Waals surface area contributed by atoms with Crippen LogP contribution in [0.1, 0.15) is 30.1 Å². The SMILES string of the molecule is O=c1[nH]c(C2CCCN(S(=O)(=O)c3cccc4ccccc34)C2)nc2c1nnn2Cc1ccccc1Cl. The number of fused-ring (bicyclic) bond motifs is 2. The van der Waals surface area contributed by atoms with E-state index in [9.17, 15) is 13.2 Å². The predicted octanol–water partition coefficient (Wildman–Crippen LogP) is 3.94. The molecule has 1 aliphatic rings. The van der Waals surface area contributed by atoms with Gasteiger partial charge < -0.3 is 4.98 Å². The minimum Gasteiger partial charge on any atom is -0.308 e. The van der Waals surface area contributed by atoms with Crippen LogP contribution in [0, 0.1) is 0 Å². The fraction of sp³-hybridized carbons (Fsp3) is 0.231. The molecule has 0 saturated carbocycles. The number of rotatable bonds is 5. The van der Waals surface area contributed by atoms with Crippen molar-refractivity contribution in [1.29, 1.82) is 0 Å². The lowest BCUT2D eigenvalue weighted by atomic mass is 9.99. The summed E-state index contributed by atoms with van der Waals surface area (Å²) in [5.74, 6) is 0.150. The lowest BCUT2D eigenvalue weighted by molar-refractivity contribution is 0.309. The van der Waals surface area contributed by atoms with Gasteiger partial charge in [-0.1, -0.05) is 71.4 Å². The number of nitrogens with one attached hydrogen (secondary N) is 1. The van der Waals surface area contributed by atoms with E-state index in [1.54, 1.807) is 22.9 Å². The van der Waals surface area contributed by atoms with E-state index in [1.165, 1.54) is 4.31 Å². The molecular weight excluding hydrogens is 512 g/mol. The van der Waals surface area contributed by atoms with Crippen LogP contribution in [0.5, 0.6) is 0 Å². The first-order valence-electron chi connectivity index (χ1n) is 12.0. The van der Waals surface area contributed by atoms with E-state index in [2.05, 4.69) is 15.3 Å². The third-order valence-corrected chi connectivity index (χ3v) is 9.10. The van der Waals surface area contributed by atoms with Gasteiger partial charge in [0.15, 0.2) is 11.2 Å². The van der Waals surface area contributed by atoms with Gasteiger partial charge in [-0.05, 0) is 35.9 Å². The second-order valence-electron chi connectivity index (χ2n) is 9.14. The quantitative estimate of drug-likeness (QED) is 0.365. The molecule has 1 fully saturated rings. The lowest BCUT2D eigenvalue weighted by Crippen LogP contribution is -2.40. The number of aromatic amines is 1. The lowest BCUT2D eigenvalue weighted by Gasteiger charge is -2.31. The highest BCUT2D eigenvalue weighted by molar-refractivity contribution is 7.89.